The number of H-pyrrole nitrogens is 1. The van der Waals surface area contributed by atoms with E-state index in [1.54, 1.807) is 15.7 Å². The van der Waals surface area contributed by atoms with E-state index in [4.69, 9.17) is 5.73 Å². The Morgan fingerprint density at radius 2 is 1.52 bits per heavy atom. The summed E-state index contributed by atoms with van der Waals surface area (Å²) < 4.78 is 85.4. The first-order valence-electron chi connectivity index (χ1n) is 18.9. The Labute approximate surface area is 317 Å². The van der Waals surface area contributed by atoms with Gasteiger partial charge in [0.1, 0.15) is 6.04 Å². The number of halogens is 6. The summed E-state index contributed by atoms with van der Waals surface area (Å²) in [5, 5.41) is 3.46. The number of likely N-dealkylation sites (tertiary alicyclic amines) is 4. The number of imidazole rings is 1. The van der Waals surface area contributed by atoms with Crippen molar-refractivity contribution in [3.05, 3.63) is 69.8 Å². The number of nitrogen functional groups attached to an aromatic ring is 1. The van der Waals surface area contributed by atoms with Crippen LogP contribution in [0.1, 0.15) is 54.8 Å². The van der Waals surface area contributed by atoms with E-state index in [-0.39, 0.29) is 30.9 Å². The van der Waals surface area contributed by atoms with Gasteiger partial charge in [-0.25, -0.2) is 9.59 Å². The number of nitrogens with zero attached hydrogens (tertiary/aromatic N) is 6. The van der Waals surface area contributed by atoms with Gasteiger partial charge in [-0.15, -0.1) is 0 Å². The third-order valence-corrected chi connectivity index (χ3v) is 12.3. The van der Waals surface area contributed by atoms with Crippen LogP contribution in [0.25, 0.3) is 21.9 Å². The Kier molecular flexibility index (Phi) is 9.70. The maximum atomic E-state index is 14.2. The van der Waals surface area contributed by atoms with E-state index in [0.29, 0.717) is 74.0 Å². The maximum absolute atomic E-state index is 14.2. The lowest BCUT2D eigenvalue weighted by Gasteiger charge is -2.42. The van der Waals surface area contributed by atoms with E-state index in [9.17, 15) is 40.7 Å². The molecule has 3 amide bonds. The Morgan fingerprint density at radius 1 is 0.893 bits per heavy atom. The summed E-state index contributed by atoms with van der Waals surface area (Å²) >= 11 is 0. The van der Waals surface area contributed by atoms with E-state index in [0.717, 1.165) is 30.4 Å². The second-order valence-corrected chi connectivity index (χ2v) is 15.6. The van der Waals surface area contributed by atoms with Crippen LogP contribution in [0, 0.1) is 0 Å². The Bertz CT molecular complexity index is 2170. The lowest BCUT2D eigenvalue weighted by atomic mass is 9.96. The number of hydrogen-bond donors (Lipinski definition) is 3. The van der Waals surface area contributed by atoms with Crippen molar-refractivity contribution >= 4 is 39.6 Å². The number of alkyl halides is 6. The van der Waals surface area contributed by atoms with Crippen molar-refractivity contribution in [2.45, 2.75) is 81.1 Å². The molecule has 0 radical (unpaired) electrons. The fourth-order valence-corrected chi connectivity index (χ4v) is 9.37. The van der Waals surface area contributed by atoms with Crippen LogP contribution < -0.4 is 16.7 Å². The number of anilines is 1. The number of fused-ring (bicyclic) bond motifs is 5. The number of benzene rings is 2. The first-order valence-corrected chi connectivity index (χ1v) is 18.9. The SMILES string of the molecule is CN1CC2CC1CN2C1CCN(C(=O)[C@@H](Cc2cc(C(F)(F)F)c(N)c(C(F)(F)F)c2)NC(=O)N2CCC(n3c(=O)[nH]c4c5ccccc5ncc43)CC2)CC1. The molecule has 3 atom stereocenters. The first kappa shape index (κ1) is 38.1. The predicted octanol–water partition coefficient (Wildman–Crippen LogP) is 4.83. The molecule has 2 unspecified atom stereocenters. The molecule has 6 heterocycles. The average Bonchev–Trinajstić information content (AvgIpc) is 3.85. The van der Waals surface area contributed by atoms with Gasteiger partial charge in [-0.05, 0) is 62.9 Å². The number of carbonyl (C=O) groups is 2. The molecule has 2 bridgehead atoms. The summed E-state index contributed by atoms with van der Waals surface area (Å²) in [4.78, 5) is 56.4. The number of nitrogens with two attached hydrogens (primary N) is 1. The molecule has 8 rings (SSSR count). The number of piperidine rings is 2. The zero-order chi connectivity index (χ0) is 39.7. The third kappa shape index (κ3) is 7.05. The van der Waals surface area contributed by atoms with Crippen LogP contribution in [-0.4, -0.2) is 117 Å². The summed E-state index contributed by atoms with van der Waals surface area (Å²) in [5.74, 6) is -0.585. The van der Waals surface area contributed by atoms with Crippen molar-refractivity contribution in [2.24, 2.45) is 0 Å². The van der Waals surface area contributed by atoms with Crippen LogP contribution in [0.3, 0.4) is 0 Å². The number of amides is 3. The number of carbonyl (C=O) groups excluding carboxylic acids is 2. The molecule has 300 valence electrons. The van der Waals surface area contributed by atoms with Crippen LogP contribution in [0.4, 0.5) is 36.8 Å². The van der Waals surface area contributed by atoms with Gasteiger partial charge in [0.25, 0.3) is 0 Å². The van der Waals surface area contributed by atoms with Gasteiger partial charge in [0.2, 0.25) is 5.91 Å². The van der Waals surface area contributed by atoms with Crippen molar-refractivity contribution in [1.82, 2.24) is 39.5 Å². The Hall–Kier alpha value is -4.84. The number of urea groups is 1. The molecular formula is C38H43F6N9O3. The smallest absolute Gasteiger partial charge is 0.398 e. The number of hydrogen-bond acceptors (Lipinski definition) is 7. The molecule has 4 fully saturated rings. The number of nitrogens with one attached hydrogen (secondary N) is 2. The lowest BCUT2D eigenvalue weighted by Crippen LogP contribution is -2.57. The molecule has 0 spiro atoms. The largest absolute Gasteiger partial charge is 0.418 e. The van der Waals surface area contributed by atoms with Gasteiger partial charge >= 0.3 is 24.1 Å². The predicted molar refractivity (Wildman–Crippen MR) is 196 cm³/mol. The second kappa shape index (κ2) is 14.3. The molecule has 4 N–H and O–H groups in total. The number of piperazine rings is 1. The minimum atomic E-state index is -5.20. The van der Waals surface area contributed by atoms with Crippen molar-refractivity contribution in [3.8, 4) is 0 Å². The topological polar surface area (TPSA) is 136 Å². The molecule has 4 saturated heterocycles. The number of aromatic amines is 1. The molecular weight excluding hydrogens is 744 g/mol. The fourth-order valence-electron chi connectivity index (χ4n) is 9.37. The Morgan fingerprint density at radius 3 is 2.12 bits per heavy atom. The summed E-state index contributed by atoms with van der Waals surface area (Å²) in [6, 6.07) is 7.20. The number of para-hydroxylation sites is 1. The lowest BCUT2D eigenvalue weighted by molar-refractivity contribution is -0.141. The molecule has 18 heteroatoms. The summed E-state index contributed by atoms with van der Waals surface area (Å²) in [5.41, 5.74) is 1.85. The quantitative estimate of drug-likeness (QED) is 0.188. The molecule has 56 heavy (non-hydrogen) atoms. The standard InChI is InChI=1S/C38H43F6N9O3/c1-49-19-25-17-24(49)20-52(25)22-6-10-50(11-7-22)34(54)30(16-21-14-27(37(39,40)41)32(45)28(15-21)38(42,43)44)47-35(55)51-12-8-23(9-13-51)53-31-18-46-29-5-3-2-4-26(29)33(31)48-36(53)56/h2-5,14-15,18,22-25,30H,6-13,16-17,19-20,45H2,1H3,(H,47,55)(H,48,56)/t24?,25?,30-/m1/s1. The maximum Gasteiger partial charge on any atom is 0.418 e. The molecule has 12 nitrogen and oxygen atoms in total. The summed E-state index contributed by atoms with van der Waals surface area (Å²) in [6.07, 6.45) is -6.24. The highest BCUT2D eigenvalue weighted by Gasteiger charge is 2.45. The van der Waals surface area contributed by atoms with Crippen LogP contribution in [0.15, 0.2) is 47.4 Å². The van der Waals surface area contributed by atoms with Crippen molar-refractivity contribution < 1.29 is 35.9 Å². The molecule has 2 aromatic heterocycles. The van der Waals surface area contributed by atoms with Gasteiger partial charge in [0, 0.05) is 75.2 Å². The normalized spacial score (nSPS) is 22.4. The molecule has 0 aliphatic carbocycles. The Balaban J connectivity index is 1.00. The molecule has 0 saturated carbocycles. The highest BCUT2D eigenvalue weighted by molar-refractivity contribution is 6.01. The van der Waals surface area contributed by atoms with Gasteiger partial charge < -0.3 is 30.7 Å². The van der Waals surface area contributed by atoms with Gasteiger partial charge in [0.15, 0.2) is 0 Å². The van der Waals surface area contributed by atoms with Gasteiger partial charge in [-0.1, -0.05) is 18.2 Å². The minimum Gasteiger partial charge on any atom is -0.398 e. The summed E-state index contributed by atoms with van der Waals surface area (Å²) in [7, 11) is 2.11. The number of aromatic nitrogens is 3. The van der Waals surface area contributed by atoms with E-state index in [1.165, 1.54) is 4.90 Å². The number of likely N-dealkylation sites (N-methyl/N-ethyl adjacent to an activating group) is 1. The van der Waals surface area contributed by atoms with E-state index in [1.807, 2.05) is 24.3 Å². The van der Waals surface area contributed by atoms with Gasteiger partial charge in [0.05, 0.1) is 39.6 Å². The van der Waals surface area contributed by atoms with Crippen molar-refractivity contribution in [1.29, 1.82) is 0 Å². The van der Waals surface area contributed by atoms with E-state index in [2.05, 4.69) is 32.1 Å². The van der Waals surface area contributed by atoms with E-state index < -0.39 is 59.1 Å². The monoisotopic (exact) mass is 787 g/mol. The highest BCUT2D eigenvalue weighted by Crippen LogP contribution is 2.42. The highest BCUT2D eigenvalue weighted by atomic mass is 19.4. The molecule has 4 aromatic rings. The van der Waals surface area contributed by atoms with Gasteiger partial charge in [-0.2, -0.15) is 26.3 Å². The van der Waals surface area contributed by atoms with Crippen molar-refractivity contribution in [2.75, 3.05) is 52.0 Å². The second-order valence-electron chi connectivity index (χ2n) is 15.6. The first-order chi connectivity index (χ1) is 26.6. The third-order valence-electron chi connectivity index (χ3n) is 12.3. The molecule has 4 aliphatic heterocycles. The average molecular weight is 788 g/mol. The summed E-state index contributed by atoms with van der Waals surface area (Å²) in [6.45, 7) is 2.93. The number of pyridine rings is 1. The van der Waals surface area contributed by atoms with Crippen LogP contribution in [-0.2, 0) is 23.6 Å². The zero-order valence-corrected chi connectivity index (χ0v) is 30.7. The minimum absolute atomic E-state index is 0.175. The molecule has 2 aromatic carbocycles. The fraction of sp³-hybridized carbons (Fsp3) is 0.526. The van der Waals surface area contributed by atoms with Crippen LogP contribution >= 0.6 is 0 Å². The van der Waals surface area contributed by atoms with Gasteiger partial charge in [-0.3, -0.25) is 19.2 Å². The van der Waals surface area contributed by atoms with E-state index >= 15 is 0 Å². The van der Waals surface area contributed by atoms with Crippen LogP contribution in [0.5, 0.6) is 0 Å². The molecule has 4 aliphatic rings. The zero-order valence-electron chi connectivity index (χ0n) is 30.7. The number of rotatable bonds is 6. The van der Waals surface area contributed by atoms with Crippen molar-refractivity contribution in [3.63, 3.8) is 0 Å². The van der Waals surface area contributed by atoms with Crippen LogP contribution in [0.2, 0.25) is 0 Å².